The van der Waals surface area contributed by atoms with Gasteiger partial charge in [-0.3, -0.25) is 0 Å². The summed E-state index contributed by atoms with van der Waals surface area (Å²) in [6.07, 6.45) is 1.74. The van der Waals surface area contributed by atoms with Crippen molar-refractivity contribution in [3.05, 3.63) is 62.4 Å². The third-order valence-electron chi connectivity index (χ3n) is 4.11. The van der Waals surface area contributed by atoms with Crippen molar-refractivity contribution in [2.75, 3.05) is 0 Å². The second kappa shape index (κ2) is 6.34. The predicted octanol–water partition coefficient (Wildman–Crippen LogP) is 4.41. The molecule has 3 heterocycles. The summed E-state index contributed by atoms with van der Waals surface area (Å²) in [5.41, 5.74) is 0.682. The molecule has 0 unspecified atom stereocenters. The van der Waals surface area contributed by atoms with Gasteiger partial charge in [0.15, 0.2) is 11.5 Å². The average Bonchev–Trinajstić information content (AvgIpc) is 3.30. The molecule has 1 N–H and O–H groups in total. The highest BCUT2D eigenvalue weighted by molar-refractivity contribution is 7.09. The smallest absolute Gasteiger partial charge is 0.343 e. The number of benzene rings is 1. The van der Waals surface area contributed by atoms with Crippen molar-refractivity contribution in [3.63, 3.8) is 0 Å². The molecule has 0 aliphatic heterocycles. The highest BCUT2D eigenvalue weighted by Crippen LogP contribution is 2.34. The largest absolute Gasteiger partial charge is 0.507 e. The summed E-state index contributed by atoms with van der Waals surface area (Å²) in [5, 5.41) is 13.7. The van der Waals surface area contributed by atoms with E-state index in [2.05, 4.69) is 4.98 Å². The molecule has 26 heavy (non-hydrogen) atoms. The molecule has 4 aromatic rings. The summed E-state index contributed by atoms with van der Waals surface area (Å²) >= 11 is 1.53. The summed E-state index contributed by atoms with van der Waals surface area (Å²) in [4.78, 5) is 16.0. The molecule has 7 heteroatoms. The van der Waals surface area contributed by atoms with Gasteiger partial charge in [0.25, 0.3) is 0 Å². The molecule has 0 saturated heterocycles. The third-order valence-corrected chi connectivity index (χ3v) is 4.86. The Labute approximate surface area is 152 Å². The summed E-state index contributed by atoms with van der Waals surface area (Å²) < 4.78 is 16.8. The van der Waals surface area contributed by atoms with Crippen LogP contribution in [0.5, 0.6) is 11.5 Å². The number of hydrogen-bond donors (Lipinski definition) is 1. The molecular weight excluding hydrogens is 354 g/mol. The lowest BCUT2D eigenvalue weighted by Crippen LogP contribution is -2.05. The minimum absolute atomic E-state index is 0.0795. The van der Waals surface area contributed by atoms with Gasteiger partial charge in [0.1, 0.15) is 28.7 Å². The van der Waals surface area contributed by atoms with Gasteiger partial charge in [0, 0.05) is 22.5 Å². The normalized spacial score (nSPS) is 11.2. The first-order valence-corrected chi connectivity index (χ1v) is 8.79. The van der Waals surface area contributed by atoms with E-state index >= 15 is 0 Å². The lowest BCUT2D eigenvalue weighted by molar-refractivity contribution is 0.306. The minimum atomic E-state index is -0.587. The SMILES string of the molecule is Cc1c(-c2cc3cc(OCc4nccs4)ccc3o2)oc(=O)c(C)c1O. The quantitative estimate of drug-likeness (QED) is 0.573. The van der Waals surface area contributed by atoms with Gasteiger partial charge in [-0.25, -0.2) is 9.78 Å². The molecule has 3 aromatic heterocycles. The van der Waals surface area contributed by atoms with Gasteiger partial charge in [0.05, 0.1) is 5.56 Å². The van der Waals surface area contributed by atoms with Gasteiger partial charge in [-0.1, -0.05) is 0 Å². The molecule has 0 bridgehead atoms. The molecule has 0 fully saturated rings. The van der Waals surface area contributed by atoms with Gasteiger partial charge >= 0.3 is 5.63 Å². The maximum Gasteiger partial charge on any atom is 0.343 e. The van der Waals surface area contributed by atoms with Crippen LogP contribution in [-0.4, -0.2) is 10.1 Å². The molecule has 1 aromatic carbocycles. The van der Waals surface area contributed by atoms with Gasteiger partial charge < -0.3 is 18.7 Å². The zero-order valence-electron chi connectivity index (χ0n) is 14.1. The zero-order chi connectivity index (χ0) is 18.3. The third kappa shape index (κ3) is 2.86. The fraction of sp³-hybridized carbons (Fsp3) is 0.158. The second-order valence-corrected chi connectivity index (χ2v) is 6.82. The van der Waals surface area contributed by atoms with E-state index < -0.39 is 5.63 Å². The number of nitrogens with zero attached hydrogens (tertiary/aromatic N) is 1. The number of furan rings is 1. The van der Waals surface area contributed by atoms with E-state index in [4.69, 9.17) is 13.6 Å². The van der Waals surface area contributed by atoms with Crippen LogP contribution in [0.3, 0.4) is 0 Å². The summed E-state index contributed by atoms with van der Waals surface area (Å²) in [7, 11) is 0. The molecule has 6 nitrogen and oxygen atoms in total. The van der Waals surface area contributed by atoms with E-state index in [1.54, 1.807) is 31.3 Å². The molecule has 0 spiro atoms. The van der Waals surface area contributed by atoms with Crippen LogP contribution in [-0.2, 0) is 6.61 Å². The van der Waals surface area contributed by atoms with E-state index in [1.165, 1.54) is 18.3 Å². The predicted molar refractivity (Wildman–Crippen MR) is 97.8 cm³/mol. The molecule has 0 aliphatic carbocycles. The number of aromatic hydroxyl groups is 1. The maximum absolute atomic E-state index is 11.9. The number of thiazole rings is 1. The Kier molecular flexibility index (Phi) is 4.00. The molecule has 0 amide bonds. The highest BCUT2D eigenvalue weighted by Gasteiger charge is 2.18. The average molecular weight is 369 g/mol. The monoisotopic (exact) mass is 369 g/mol. The van der Waals surface area contributed by atoms with E-state index in [0.717, 1.165) is 10.4 Å². The number of rotatable bonds is 4. The van der Waals surface area contributed by atoms with Crippen molar-refractivity contribution >= 4 is 22.3 Å². The van der Waals surface area contributed by atoms with Crippen molar-refractivity contribution in [3.8, 4) is 23.0 Å². The molecule has 4 rings (SSSR count). The Hall–Kier alpha value is -3.06. The zero-order valence-corrected chi connectivity index (χ0v) is 14.9. The molecule has 0 radical (unpaired) electrons. The first-order valence-electron chi connectivity index (χ1n) is 7.91. The first-order chi connectivity index (χ1) is 12.5. The van der Waals surface area contributed by atoms with Gasteiger partial charge in [0.2, 0.25) is 0 Å². The fourth-order valence-electron chi connectivity index (χ4n) is 2.66. The Bertz CT molecular complexity index is 1140. The van der Waals surface area contributed by atoms with Crippen molar-refractivity contribution in [2.45, 2.75) is 20.5 Å². The summed E-state index contributed by atoms with van der Waals surface area (Å²) in [6.45, 7) is 3.59. The van der Waals surface area contributed by atoms with Crippen LogP contribution < -0.4 is 10.4 Å². The van der Waals surface area contributed by atoms with E-state index in [-0.39, 0.29) is 17.1 Å². The van der Waals surface area contributed by atoms with Crippen LogP contribution in [0.4, 0.5) is 0 Å². The van der Waals surface area contributed by atoms with Gasteiger partial charge in [-0.2, -0.15) is 0 Å². The Balaban J connectivity index is 1.69. The lowest BCUT2D eigenvalue weighted by atomic mass is 10.1. The van der Waals surface area contributed by atoms with Gasteiger partial charge in [-0.05, 0) is 38.1 Å². The lowest BCUT2D eigenvalue weighted by Gasteiger charge is -2.05. The van der Waals surface area contributed by atoms with Crippen molar-refractivity contribution in [1.29, 1.82) is 0 Å². The number of hydrogen-bond acceptors (Lipinski definition) is 7. The number of ether oxygens (including phenoxy) is 1. The topological polar surface area (TPSA) is 85.7 Å². The fourth-order valence-corrected chi connectivity index (χ4v) is 3.19. The minimum Gasteiger partial charge on any atom is -0.507 e. The summed E-state index contributed by atoms with van der Waals surface area (Å²) in [5.74, 6) is 1.20. The van der Waals surface area contributed by atoms with Crippen LogP contribution in [0.25, 0.3) is 22.5 Å². The molecule has 0 saturated carbocycles. The van der Waals surface area contributed by atoms with Crippen molar-refractivity contribution < 1.29 is 18.7 Å². The second-order valence-electron chi connectivity index (χ2n) is 5.84. The van der Waals surface area contributed by atoms with E-state index in [9.17, 15) is 9.90 Å². The standard InChI is InChI=1S/C19H15NO5S/c1-10-17(21)11(2)19(22)25-18(10)15-8-12-7-13(3-4-14(12)24-15)23-9-16-20-5-6-26-16/h3-8,21H,9H2,1-2H3. The van der Waals surface area contributed by atoms with Crippen LogP contribution in [0.15, 0.2) is 49.5 Å². The number of aromatic nitrogens is 1. The molecule has 0 aliphatic rings. The Morgan fingerprint density at radius 2 is 2.04 bits per heavy atom. The van der Waals surface area contributed by atoms with Crippen LogP contribution in [0.1, 0.15) is 16.1 Å². The van der Waals surface area contributed by atoms with E-state index in [1.807, 2.05) is 11.4 Å². The maximum atomic E-state index is 11.9. The van der Waals surface area contributed by atoms with Crippen LogP contribution in [0.2, 0.25) is 0 Å². The number of fused-ring (bicyclic) bond motifs is 1. The van der Waals surface area contributed by atoms with Crippen molar-refractivity contribution in [1.82, 2.24) is 4.98 Å². The molecule has 0 atom stereocenters. The van der Waals surface area contributed by atoms with Gasteiger partial charge in [-0.15, -0.1) is 11.3 Å². The molecule has 132 valence electrons. The summed E-state index contributed by atoms with van der Waals surface area (Å²) in [6, 6.07) is 7.19. The molecular formula is C19H15NO5S. The van der Waals surface area contributed by atoms with Crippen LogP contribution in [0, 0.1) is 13.8 Å². The highest BCUT2D eigenvalue weighted by atomic mass is 32.1. The first kappa shape index (κ1) is 16.4. The van der Waals surface area contributed by atoms with Crippen LogP contribution >= 0.6 is 11.3 Å². The Morgan fingerprint density at radius 3 is 2.81 bits per heavy atom. The Morgan fingerprint density at radius 1 is 1.19 bits per heavy atom. The van der Waals surface area contributed by atoms with Crippen molar-refractivity contribution in [2.24, 2.45) is 0 Å². The van der Waals surface area contributed by atoms with E-state index in [0.29, 0.717) is 29.3 Å².